The summed E-state index contributed by atoms with van der Waals surface area (Å²) in [5, 5.41) is 5.57. The molecular formula is C20H30N2O2. The Morgan fingerprint density at radius 3 is 2.12 bits per heavy atom. The van der Waals surface area contributed by atoms with Gasteiger partial charge in [-0.15, -0.1) is 0 Å². The van der Waals surface area contributed by atoms with E-state index >= 15 is 0 Å². The second-order valence-corrected chi connectivity index (χ2v) is 8.06. The highest BCUT2D eigenvalue weighted by molar-refractivity contribution is 6.35. The summed E-state index contributed by atoms with van der Waals surface area (Å²) in [4.78, 5) is 24.0. The first-order valence-corrected chi connectivity index (χ1v) is 8.90. The second-order valence-electron chi connectivity index (χ2n) is 8.06. The van der Waals surface area contributed by atoms with Crippen molar-refractivity contribution in [2.45, 2.75) is 66.0 Å². The Labute approximate surface area is 145 Å². The maximum absolute atomic E-state index is 12.0. The van der Waals surface area contributed by atoms with Gasteiger partial charge in [-0.1, -0.05) is 50.6 Å². The van der Waals surface area contributed by atoms with Crippen LogP contribution in [0, 0.1) is 18.3 Å². The lowest BCUT2D eigenvalue weighted by atomic mass is 9.71. The number of hydrogen-bond donors (Lipinski definition) is 2. The smallest absolute Gasteiger partial charge is 0.309 e. The highest BCUT2D eigenvalue weighted by atomic mass is 16.2. The summed E-state index contributed by atoms with van der Waals surface area (Å²) in [5.74, 6) is -0.365. The van der Waals surface area contributed by atoms with Crippen LogP contribution in [0.15, 0.2) is 24.3 Å². The Balaban J connectivity index is 1.74. The Kier molecular flexibility index (Phi) is 6.03. The second kappa shape index (κ2) is 7.82. The van der Waals surface area contributed by atoms with Crippen molar-refractivity contribution in [2.75, 3.05) is 0 Å². The molecule has 1 aromatic carbocycles. The van der Waals surface area contributed by atoms with Crippen LogP contribution in [0.1, 0.15) is 57.6 Å². The van der Waals surface area contributed by atoms with E-state index in [1.54, 1.807) is 0 Å². The summed E-state index contributed by atoms with van der Waals surface area (Å²) in [6.45, 7) is 9.22. The van der Waals surface area contributed by atoms with Crippen LogP contribution in [-0.4, -0.2) is 17.9 Å². The van der Waals surface area contributed by atoms with Gasteiger partial charge in [0.05, 0.1) is 0 Å². The van der Waals surface area contributed by atoms with Gasteiger partial charge >= 0.3 is 11.8 Å². The summed E-state index contributed by atoms with van der Waals surface area (Å²) in [5.41, 5.74) is 2.49. The van der Waals surface area contributed by atoms with Gasteiger partial charge in [-0.05, 0) is 49.5 Å². The molecule has 0 spiro atoms. The molecule has 1 saturated carbocycles. The molecule has 4 nitrogen and oxygen atoms in total. The lowest BCUT2D eigenvalue weighted by Crippen LogP contribution is -2.46. The molecule has 0 saturated heterocycles. The van der Waals surface area contributed by atoms with Gasteiger partial charge in [0, 0.05) is 12.6 Å². The maximum atomic E-state index is 12.0. The van der Waals surface area contributed by atoms with Gasteiger partial charge in [0.1, 0.15) is 0 Å². The molecule has 132 valence electrons. The first-order chi connectivity index (χ1) is 11.3. The van der Waals surface area contributed by atoms with Gasteiger partial charge in [-0.25, -0.2) is 0 Å². The molecule has 0 heterocycles. The van der Waals surface area contributed by atoms with Crippen molar-refractivity contribution in [3.8, 4) is 0 Å². The molecule has 2 N–H and O–H groups in total. The van der Waals surface area contributed by atoms with E-state index in [1.807, 2.05) is 31.2 Å². The third-order valence-corrected chi connectivity index (χ3v) is 5.07. The van der Waals surface area contributed by atoms with Crippen LogP contribution in [0.2, 0.25) is 0 Å². The zero-order valence-corrected chi connectivity index (χ0v) is 15.3. The number of benzene rings is 1. The number of aryl methyl sites for hydroxylation is 1. The topological polar surface area (TPSA) is 58.2 Å². The minimum absolute atomic E-state index is 0.126. The van der Waals surface area contributed by atoms with Crippen molar-refractivity contribution in [2.24, 2.45) is 11.3 Å². The van der Waals surface area contributed by atoms with Crippen molar-refractivity contribution < 1.29 is 9.59 Å². The molecule has 0 bridgehead atoms. The van der Waals surface area contributed by atoms with E-state index in [2.05, 4.69) is 31.4 Å². The molecule has 1 aromatic rings. The van der Waals surface area contributed by atoms with Crippen LogP contribution in [0.3, 0.4) is 0 Å². The van der Waals surface area contributed by atoms with Gasteiger partial charge in [-0.3, -0.25) is 9.59 Å². The summed E-state index contributed by atoms with van der Waals surface area (Å²) in [6, 6.07) is 8.04. The van der Waals surface area contributed by atoms with Gasteiger partial charge in [0.2, 0.25) is 0 Å². The van der Waals surface area contributed by atoms with E-state index in [9.17, 15) is 9.59 Å². The Morgan fingerprint density at radius 2 is 1.58 bits per heavy atom. The van der Waals surface area contributed by atoms with E-state index in [1.165, 1.54) is 5.56 Å². The molecular weight excluding hydrogens is 300 g/mol. The molecule has 0 unspecified atom stereocenters. The average molecular weight is 330 g/mol. The standard InChI is InChI=1S/C20H30N2O2/c1-14-5-7-15(8-6-14)13-21-18(23)19(24)22-17-11-9-16(10-12-17)20(2,3)4/h5-8,16-17H,9-13H2,1-4H3,(H,21,23)(H,22,24). The van der Waals surface area contributed by atoms with E-state index < -0.39 is 11.8 Å². The largest absolute Gasteiger partial charge is 0.345 e. The Bertz CT molecular complexity index is 564. The van der Waals surface area contributed by atoms with Gasteiger partial charge in [-0.2, -0.15) is 0 Å². The quantitative estimate of drug-likeness (QED) is 0.835. The fourth-order valence-electron chi connectivity index (χ4n) is 3.32. The van der Waals surface area contributed by atoms with E-state index in [-0.39, 0.29) is 6.04 Å². The van der Waals surface area contributed by atoms with E-state index in [0.29, 0.717) is 17.9 Å². The molecule has 0 radical (unpaired) electrons. The zero-order valence-electron chi connectivity index (χ0n) is 15.3. The number of rotatable bonds is 3. The average Bonchev–Trinajstić information content (AvgIpc) is 2.53. The first-order valence-electron chi connectivity index (χ1n) is 8.90. The molecule has 4 heteroatoms. The molecule has 24 heavy (non-hydrogen) atoms. The molecule has 0 atom stereocenters. The minimum Gasteiger partial charge on any atom is -0.345 e. The molecule has 1 aliphatic rings. The first kappa shape index (κ1) is 18.5. The highest BCUT2D eigenvalue weighted by Gasteiger charge is 2.30. The maximum Gasteiger partial charge on any atom is 0.309 e. The molecule has 0 aliphatic heterocycles. The summed E-state index contributed by atoms with van der Waals surface area (Å²) >= 11 is 0. The predicted octanol–water partition coefficient (Wildman–Crippen LogP) is 3.33. The van der Waals surface area contributed by atoms with Crippen LogP contribution in [-0.2, 0) is 16.1 Å². The van der Waals surface area contributed by atoms with Gasteiger partial charge in [0.15, 0.2) is 0 Å². The van der Waals surface area contributed by atoms with Crippen LogP contribution in [0.25, 0.3) is 0 Å². The Hall–Kier alpha value is -1.84. The minimum atomic E-state index is -0.548. The number of carbonyl (C=O) groups is 2. The van der Waals surface area contributed by atoms with Gasteiger partial charge in [0.25, 0.3) is 0 Å². The Morgan fingerprint density at radius 1 is 1.00 bits per heavy atom. The van der Waals surface area contributed by atoms with E-state index in [0.717, 1.165) is 31.2 Å². The van der Waals surface area contributed by atoms with Crippen LogP contribution >= 0.6 is 0 Å². The van der Waals surface area contributed by atoms with Crippen LogP contribution in [0.4, 0.5) is 0 Å². The van der Waals surface area contributed by atoms with Crippen molar-refractivity contribution in [3.05, 3.63) is 35.4 Å². The summed E-state index contributed by atoms with van der Waals surface area (Å²) < 4.78 is 0. The van der Waals surface area contributed by atoms with E-state index in [4.69, 9.17) is 0 Å². The van der Waals surface area contributed by atoms with Gasteiger partial charge < -0.3 is 10.6 Å². The lowest BCUT2D eigenvalue weighted by molar-refractivity contribution is -0.139. The number of nitrogens with one attached hydrogen (secondary N) is 2. The third kappa shape index (κ3) is 5.36. The zero-order chi connectivity index (χ0) is 17.7. The lowest BCUT2D eigenvalue weighted by Gasteiger charge is -2.37. The fraction of sp³-hybridized carbons (Fsp3) is 0.600. The molecule has 1 aliphatic carbocycles. The van der Waals surface area contributed by atoms with Crippen molar-refractivity contribution in [1.29, 1.82) is 0 Å². The number of carbonyl (C=O) groups excluding carboxylic acids is 2. The summed E-state index contributed by atoms with van der Waals surface area (Å²) in [7, 11) is 0. The normalized spacial score (nSPS) is 21.2. The fourth-order valence-corrected chi connectivity index (χ4v) is 3.32. The highest BCUT2D eigenvalue weighted by Crippen LogP contribution is 2.37. The third-order valence-electron chi connectivity index (χ3n) is 5.07. The van der Waals surface area contributed by atoms with Crippen LogP contribution in [0.5, 0.6) is 0 Å². The molecule has 2 rings (SSSR count). The summed E-state index contributed by atoms with van der Waals surface area (Å²) in [6.07, 6.45) is 4.14. The van der Waals surface area contributed by atoms with Crippen molar-refractivity contribution in [1.82, 2.24) is 10.6 Å². The van der Waals surface area contributed by atoms with Crippen molar-refractivity contribution >= 4 is 11.8 Å². The monoisotopic (exact) mass is 330 g/mol. The molecule has 2 amide bonds. The van der Waals surface area contributed by atoms with Crippen LogP contribution < -0.4 is 10.6 Å². The SMILES string of the molecule is Cc1ccc(CNC(=O)C(=O)NC2CCC(C(C)(C)C)CC2)cc1. The molecule has 0 aromatic heterocycles. The number of hydrogen-bond acceptors (Lipinski definition) is 2. The predicted molar refractivity (Wildman–Crippen MR) is 96.4 cm³/mol. The van der Waals surface area contributed by atoms with Crippen molar-refractivity contribution in [3.63, 3.8) is 0 Å². The number of amides is 2. The molecule has 1 fully saturated rings.